The van der Waals surface area contributed by atoms with Gasteiger partial charge in [0.25, 0.3) is 5.56 Å². The topological polar surface area (TPSA) is 34.0 Å². The maximum absolute atomic E-state index is 12.7. The van der Waals surface area contributed by atoms with E-state index in [1.54, 1.807) is 0 Å². The van der Waals surface area contributed by atoms with Gasteiger partial charge in [0.1, 0.15) is 5.69 Å². The van der Waals surface area contributed by atoms with E-state index in [9.17, 15) is 4.79 Å². The molecule has 0 bridgehead atoms. The Morgan fingerprint density at radius 1 is 1.24 bits per heavy atom. The Hall–Kier alpha value is -1.07. The summed E-state index contributed by atoms with van der Waals surface area (Å²) in [5.41, 5.74) is 1.67. The van der Waals surface area contributed by atoms with E-state index in [0.29, 0.717) is 0 Å². The summed E-state index contributed by atoms with van der Waals surface area (Å²) >= 11 is 4.96. The molecule has 0 amide bonds. The molecule has 0 fully saturated rings. The number of alkyl halides is 1. The fraction of sp³-hybridized carbons (Fsp3) is 0.438. The van der Waals surface area contributed by atoms with Crippen molar-refractivity contribution in [2.75, 3.05) is 17.2 Å². The Morgan fingerprint density at radius 3 is 2.48 bits per heavy atom. The third-order valence-electron chi connectivity index (χ3n) is 3.07. The number of halogens is 1. The van der Waals surface area contributed by atoms with Crippen LogP contribution in [0.5, 0.6) is 0 Å². The van der Waals surface area contributed by atoms with E-state index in [2.05, 4.69) is 42.0 Å². The van der Waals surface area contributed by atoms with Gasteiger partial charge in [-0.2, -0.15) is 0 Å². The fourth-order valence-electron chi connectivity index (χ4n) is 2.04. The fourth-order valence-corrected chi connectivity index (χ4v) is 3.44. The molecule has 2 rings (SSSR count). The third-order valence-corrected chi connectivity index (χ3v) is 5.14. The first-order valence-electron chi connectivity index (χ1n) is 7.07. The van der Waals surface area contributed by atoms with Gasteiger partial charge >= 0.3 is 0 Å². The van der Waals surface area contributed by atoms with Crippen molar-refractivity contribution in [1.29, 1.82) is 0 Å². The molecule has 114 valence electrons. The predicted molar refractivity (Wildman–Crippen MR) is 95.9 cm³/mol. The lowest BCUT2D eigenvalue weighted by molar-refractivity contribution is 0.419. The molecular formula is C16H21BrN2OS. The maximum Gasteiger partial charge on any atom is 0.285 e. The van der Waals surface area contributed by atoms with Crippen LogP contribution < -0.4 is 10.9 Å². The van der Waals surface area contributed by atoms with Crippen LogP contribution in [-0.2, 0) is 5.54 Å². The van der Waals surface area contributed by atoms with Crippen molar-refractivity contribution >= 4 is 33.1 Å². The largest absolute Gasteiger partial charge is 0.379 e. The van der Waals surface area contributed by atoms with E-state index >= 15 is 0 Å². The van der Waals surface area contributed by atoms with Crippen molar-refractivity contribution in [2.24, 2.45) is 0 Å². The van der Waals surface area contributed by atoms with Gasteiger partial charge in [-0.05, 0) is 32.8 Å². The van der Waals surface area contributed by atoms with Crippen molar-refractivity contribution in [3.8, 4) is 10.4 Å². The smallest absolute Gasteiger partial charge is 0.285 e. The molecule has 1 aromatic carbocycles. The van der Waals surface area contributed by atoms with Crippen molar-refractivity contribution < 1.29 is 0 Å². The van der Waals surface area contributed by atoms with Gasteiger partial charge in [0.05, 0.1) is 10.4 Å². The standard InChI is InChI=1S/C16H21BrN2OS/c1-16(2,3)19-15(20)13(18-11-7-10-17)14(21-19)12-8-5-4-6-9-12/h4-6,8-9,18H,7,10-11H2,1-3H3. The highest BCUT2D eigenvalue weighted by molar-refractivity contribution is 9.09. The molecule has 21 heavy (non-hydrogen) atoms. The second-order valence-electron chi connectivity index (χ2n) is 5.90. The normalized spacial score (nSPS) is 11.6. The second kappa shape index (κ2) is 6.79. The summed E-state index contributed by atoms with van der Waals surface area (Å²) in [6, 6.07) is 10.1. The van der Waals surface area contributed by atoms with Crippen LogP contribution in [0.15, 0.2) is 35.1 Å². The van der Waals surface area contributed by atoms with Crippen LogP contribution >= 0.6 is 27.5 Å². The zero-order chi connectivity index (χ0) is 15.5. The molecule has 1 heterocycles. The summed E-state index contributed by atoms with van der Waals surface area (Å²) in [5.74, 6) is 0. The maximum atomic E-state index is 12.7. The molecule has 0 unspecified atom stereocenters. The minimum absolute atomic E-state index is 0.0703. The van der Waals surface area contributed by atoms with E-state index in [-0.39, 0.29) is 11.1 Å². The molecule has 1 N–H and O–H groups in total. The quantitative estimate of drug-likeness (QED) is 0.621. The zero-order valence-electron chi connectivity index (χ0n) is 12.6. The number of nitrogens with zero attached hydrogens (tertiary/aromatic N) is 1. The Morgan fingerprint density at radius 2 is 1.90 bits per heavy atom. The Kier molecular flexibility index (Phi) is 5.27. The van der Waals surface area contributed by atoms with Gasteiger partial charge in [0.2, 0.25) is 0 Å². The first-order valence-corrected chi connectivity index (χ1v) is 8.96. The van der Waals surface area contributed by atoms with Crippen LogP contribution in [0, 0.1) is 0 Å². The van der Waals surface area contributed by atoms with Crippen molar-refractivity contribution in [3.05, 3.63) is 40.7 Å². The molecule has 0 aliphatic carbocycles. The van der Waals surface area contributed by atoms with Crippen LogP contribution in [0.25, 0.3) is 10.4 Å². The van der Waals surface area contributed by atoms with E-state index in [4.69, 9.17) is 0 Å². The molecule has 0 atom stereocenters. The highest BCUT2D eigenvalue weighted by Crippen LogP contribution is 2.33. The van der Waals surface area contributed by atoms with Gasteiger partial charge < -0.3 is 5.32 Å². The molecular weight excluding hydrogens is 348 g/mol. The van der Waals surface area contributed by atoms with Gasteiger partial charge in [-0.3, -0.25) is 8.75 Å². The molecule has 5 heteroatoms. The first kappa shape index (κ1) is 16.3. The average Bonchev–Trinajstić information content (AvgIpc) is 2.78. The molecule has 3 nitrogen and oxygen atoms in total. The van der Waals surface area contributed by atoms with Crippen molar-refractivity contribution in [1.82, 2.24) is 3.96 Å². The number of aromatic nitrogens is 1. The summed E-state index contributed by atoms with van der Waals surface area (Å²) in [7, 11) is 0. The Labute approximate surface area is 138 Å². The van der Waals surface area contributed by atoms with Crippen LogP contribution in [-0.4, -0.2) is 15.8 Å². The SMILES string of the molecule is CC(C)(C)n1sc(-c2ccccc2)c(NCCCBr)c1=O. The molecule has 0 saturated heterocycles. The van der Waals surface area contributed by atoms with E-state index in [0.717, 1.165) is 34.4 Å². The Balaban J connectivity index is 2.49. The minimum atomic E-state index is -0.208. The third kappa shape index (κ3) is 3.77. The molecule has 0 aliphatic rings. The highest BCUT2D eigenvalue weighted by Gasteiger charge is 2.23. The molecule has 2 aromatic rings. The summed E-state index contributed by atoms with van der Waals surface area (Å²) in [6.45, 7) is 6.97. The van der Waals surface area contributed by atoms with Crippen molar-refractivity contribution in [2.45, 2.75) is 32.7 Å². The van der Waals surface area contributed by atoms with E-state index in [1.807, 2.05) is 34.3 Å². The van der Waals surface area contributed by atoms with E-state index < -0.39 is 0 Å². The number of hydrogen-bond acceptors (Lipinski definition) is 3. The first-order chi connectivity index (χ1) is 9.95. The number of anilines is 1. The van der Waals surface area contributed by atoms with Crippen LogP contribution in [0.1, 0.15) is 27.2 Å². The van der Waals surface area contributed by atoms with Crippen LogP contribution in [0.4, 0.5) is 5.69 Å². The molecule has 0 radical (unpaired) electrons. The van der Waals surface area contributed by atoms with Gasteiger partial charge in [-0.15, -0.1) is 0 Å². The summed E-state index contributed by atoms with van der Waals surface area (Å²) < 4.78 is 1.85. The average molecular weight is 369 g/mol. The molecule has 0 aliphatic heterocycles. The van der Waals surface area contributed by atoms with Gasteiger partial charge in [-0.1, -0.05) is 57.8 Å². The number of benzene rings is 1. The summed E-state index contributed by atoms with van der Waals surface area (Å²) in [4.78, 5) is 13.7. The van der Waals surface area contributed by atoms with E-state index in [1.165, 1.54) is 11.5 Å². The number of rotatable bonds is 5. The summed E-state index contributed by atoms with van der Waals surface area (Å²) in [6.07, 6.45) is 0.985. The monoisotopic (exact) mass is 368 g/mol. The van der Waals surface area contributed by atoms with Gasteiger partial charge in [0.15, 0.2) is 0 Å². The van der Waals surface area contributed by atoms with Gasteiger partial charge in [0, 0.05) is 11.9 Å². The Bertz CT molecular complexity index is 641. The molecule has 0 spiro atoms. The predicted octanol–water partition coefficient (Wildman–Crippen LogP) is 4.53. The number of nitrogens with one attached hydrogen (secondary N) is 1. The lowest BCUT2D eigenvalue weighted by Crippen LogP contribution is -2.30. The van der Waals surface area contributed by atoms with Crippen molar-refractivity contribution in [3.63, 3.8) is 0 Å². The lowest BCUT2D eigenvalue weighted by atomic mass is 10.1. The zero-order valence-corrected chi connectivity index (χ0v) is 15.1. The van der Waals surface area contributed by atoms with Gasteiger partial charge in [-0.25, -0.2) is 0 Å². The minimum Gasteiger partial charge on any atom is -0.379 e. The van der Waals surface area contributed by atoms with Crippen LogP contribution in [0.3, 0.4) is 0 Å². The number of hydrogen-bond donors (Lipinski definition) is 1. The lowest BCUT2D eigenvalue weighted by Gasteiger charge is -2.18. The molecule has 0 saturated carbocycles. The highest BCUT2D eigenvalue weighted by atomic mass is 79.9. The summed E-state index contributed by atoms with van der Waals surface area (Å²) in [5, 5.41) is 4.25. The molecule has 1 aromatic heterocycles. The second-order valence-corrected chi connectivity index (χ2v) is 7.65. The van der Waals surface area contributed by atoms with Crippen LogP contribution in [0.2, 0.25) is 0 Å².